The average Bonchev–Trinajstić information content (AvgIpc) is 0.753. The minimum Gasteiger partial charge on any atom is -0.463 e. The Morgan fingerprint density at radius 2 is 0.719 bits per heavy atom. The fourth-order valence-electron chi connectivity index (χ4n) is 14.5. The maximum absolute atomic E-state index is 14.3. The zero-order chi connectivity index (χ0) is 86.7. The van der Waals surface area contributed by atoms with Gasteiger partial charge in [-0.15, -0.1) is 18.2 Å². The Bertz CT molecular complexity index is 4130. The summed E-state index contributed by atoms with van der Waals surface area (Å²) in [6, 6.07) is 42.6. The lowest BCUT2D eigenvalue weighted by Gasteiger charge is -2.52. The molecule has 5 fully saturated rings. The van der Waals surface area contributed by atoms with Gasteiger partial charge < -0.3 is 120 Å². The van der Waals surface area contributed by atoms with Crippen LogP contribution < -0.4 is 10.6 Å². The van der Waals surface area contributed by atoms with Crippen molar-refractivity contribution in [1.82, 2.24) is 10.6 Å². The van der Waals surface area contributed by atoms with Crippen molar-refractivity contribution in [2.24, 2.45) is 0 Å². The zero-order valence-electron chi connectivity index (χ0n) is 68.4. The van der Waals surface area contributed by atoms with Gasteiger partial charge in [-0.05, 0) is 34.7 Å². The van der Waals surface area contributed by atoms with Gasteiger partial charge in [-0.3, -0.25) is 43.2 Å². The number of rotatable bonds is 40. The predicted octanol–water partition coefficient (Wildman–Crippen LogP) is 5.94. The quantitative estimate of drug-likeness (QED) is 0.0177. The molecule has 3 N–H and O–H groups in total. The third-order valence-electron chi connectivity index (χ3n) is 19.6. The Balaban J connectivity index is 1.12. The van der Waals surface area contributed by atoms with Gasteiger partial charge in [0.05, 0.1) is 59.0 Å². The van der Waals surface area contributed by atoms with E-state index < -0.39 is 239 Å². The molecule has 25 atom stereocenters. The number of esters is 7. The molecule has 0 aliphatic carbocycles. The fourth-order valence-corrected chi connectivity index (χ4v) is 14.6. The molecule has 5 aliphatic rings. The number of benzene rings is 5. The molecule has 0 radical (unpaired) electrons. The summed E-state index contributed by atoms with van der Waals surface area (Å²) >= 11 is 6.27. The van der Waals surface area contributed by atoms with Crippen LogP contribution in [-0.4, -0.2) is 251 Å². The smallest absolute Gasteiger partial charge is 0.303 e. The number of carbonyl (C=O) groups excluding carboxylic acids is 9. The number of nitrogens with one attached hydrogen (secondary N) is 2. The first-order valence-corrected chi connectivity index (χ1v) is 40.0. The molecule has 0 saturated carbocycles. The number of amides is 2. The van der Waals surface area contributed by atoms with Gasteiger partial charge in [0.1, 0.15) is 104 Å². The van der Waals surface area contributed by atoms with E-state index in [9.17, 15) is 48.3 Å². The van der Waals surface area contributed by atoms with Crippen LogP contribution in [0.15, 0.2) is 164 Å². The highest BCUT2D eigenvalue weighted by atomic mass is 35.5. The van der Waals surface area contributed by atoms with Crippen molar-refractivity contribution in [1.29, 1.82) is 0 Å². The molecule has 0 aromatic heterocycles. The maximum atomic E-state index is 14.3. The normalized spacial score (nSPS) is 30.2. The molecule has 34 nitrogen and oxygen atoms in total. The minimum absolute atomic E-state index is 0.0304. The van der Waals surface area contributed by atoms with E-state index in [-0.39, 0.29) is 39.6 Å². The number of halogens is 1. The van der Waals surface area contributed by atoms with Gasteiger partial charge in [-0.25, -0.2) is 0 Å². The number of carbonyl (C=O) groups is 9. The molecule has 0 unspecified atom stereocenters. The molecule has 658 valence electrons. The van der Waals surface area contributed by atoms with E-state index in [1.54, 1.807) is 37.3 Å². The van der Waals surface area contributed by atoms with Crippen molar-refractivity contribution in [3.05, 3.63) is 192 Å². The van der Waals surface area contributed by atoms with E-state index in [0.29, 0.717) is 5.56 Å². The van der Waals surface area contributed by atoms with Crippen LogP contribution in [0.3, 0.4) is 0 Å². The minimum atomic E-state index is -2.17. The van der Waals surface area contributed by atoms with Crippen LogP contribution in [0, 0.1) is 0 Å². The molecule has 5 heterocycles. The predicted molar refractivity (Wildman–Crippen MR) is 419 cm³/mol. The van der Waals surface area contributed by atoms with E-state index in [4.69, 9.17) is 116 Å². The van der Waals surface area contributed by atoms with E-state index in [1.165, 1.54) is 13.0 Å². The molecule has 0 spiro atoms. The summed E-state index contributed by atoms with van der Waals surface area (Å²) < 4.78 is 143. The molecular formula is C86H105ClN2O32. The molecule has 10 rings (SSSR count). The largest absolute Gasteiger partial charge is 0.463 e. The monoisotopic (exact) mass is 1710 g/mol. The van der Waals surface area contributed by atoms with Gasteiger partial charge in [0.15, 0.2) is 62.0 Å². The lowest BCUT2D eigenvalue weighted by atomic mass is 9.93. The van der Waals surface area contributed by atoms with Crippen molar-refractivity contribution < 1.29 is 152 Å². The van der Waals surface area contributed by atoms with Gasteiger partial charge in [0.25, 0.3) is 0 Å². The van der Waals surface area contributed by atoms with Gasteiger partial charge in [-0.2, -0.15) is 0 Å². The van der Waals surface area contributed by atoms with Crippen LogP contribution in [0.25, 0.3) is 0 Å². The highest BCUT2D eigenvalue weighted by molar-refractivity contribution is 6.27. The first-order valence-electron chi connectivity index (χ1n) is 39.5. The average molecular weight is 1710 g/mol. The number of aliphatic hydroxyl groups is 1. The highest BCUT2D eigenvalue weighted by Crippen LogP contribution is 2.41. The number of hydrogen-bond donors (Lipinski definition) is 3. The van der Waals surface area contributed by atoms with Crippen molar-refractivity contribution in [3.63, 3.8) is 0 Å². The van der Waals surface area contributed by atoms with E-state index >= 15 is 0 Å². The second-order valence-electron chi connectivity index (χ2n) is 29.1. The first kappa shape index (κ1) is 94.0. The second-order valence-corrected chi connectivity index (χ2v) is 29.4. The van der Waals surface area contributed by atoms with Gasteiger partial charge >= 0.3 is 41.8 Å². The van der Waals surface area contributed by atoms with Gasteiger partial charge in [-0.1, -0.05) is 158 Å². The summed E-state index contributed by atoms with van der Waals surface area (Å²) in [5.74, 6) is -9.11. The summed E-state index contributed by atoms with van der Waals surface area (Å²) in [7, 11) is 0. The van der Waals surface area contributed by atoms with E-state index in [1.807, 2.05) is 121 Å². The fraction of sp³-hybridized carbons (Fsp3) is 0.523. The summed E-state index contributed by atoms with van der Waals surface area (Å²) in [6.07, 6.45) is -37.0. The molecule has 2 amide bonds. The van der Waals surface area contributed by atoms with Crippen LogP contribution >= 0.6 is 11.6 Å². The Kier molecular flexibility index (Phi) is 36.4. The summed E-state index contributed by atoms with van der Waals surface area (Å²) in [6.45, 7) is 11.4. The summed E-state index contributed by atoms with van der Waals surface area (Å²) in [4.78, 5) is 121. The Hall–Kier alpha value is -9.28. The van der Waals surface area contributed by atoms with Gasteiger partial charge in [0, 0.05) is 55.4 Å². The Morgan fingerprint density at radius 1 is 0.364 bits per heavy atom. The molecule has 5 aliphatic heterocycles. The Morgan fingerprint density at radius 3 is 1.16 bits per heavy atom. The third-order valence-corrected chi connectivity index (χ3v) is 19.9. The lowest BCUT2D eigenvalue weighted by Crippen LogP contribution is -2.71. The number of aliphatic hydroxyl groups excluding tert-OH is 1. The summed E-state index contributed by atoms with van der Waals surface area (Å²) in [5, 5.41) is 18.9. The van der Waals surface area contributed by atoms with Crippen LogP contribution in [-0.2, 0) is 180 Å². The first-order chi connectivity index (χ1) is 58.2. The second kappa shape index (κ2) is 46.8. The number of hydrogen-bond acceptors (Lipinski definition) is 32. The van der Waals surface area contributed by atoms with E-state index in [0.717, 1.165) is 70.7 Å². The third kappa shape index (κ3) is 27.6. The van der Waals surface area contributed by atoms with Crippen LogP contribution in [0.4, 0.5) is 0 Å². The zero-order valence-corrected chi connectivity index (χ0v) is 69.2. The van der Waals surface area contributed by atoms with E-state index in [2.05, 4.69) is 17.2 Å². The molecular weight excluding hydrogens is 1610 g/mol. The van der Waals surface area contributed by atoms with Gasteiger partial charge in [0.2, 0.25) is 11.8 Å². The molecule has 121 heavy (non-hydrogen) atoms. The Labute approximate surface area is 705 Å². The number of ether oxygens (including phenoxy) is 22. The van der Waals surface area contributed by atoms with Crippen molar-refractivity contribution in [2.75, 3.05) is 38.9 Å². The van der Waals surface area contributed by atoms with Crippen molar-refractivity contribution in [3.8, 4) is 0 Å². The molecule has 35 heteroatoms. The van der Waals surface area contributed by atoms with Crippen LogP contribution in [0.1, 0.15) is 90.1 Å². The maximum Gasteiger partial charge on any atom is 0.303 e. The van der Waals surface area contributed by atoms with Crippen LogP contribution in [0.2, 0.25) is 0 Å². The topological polar surface area (TPSA) is 401 Å². The standard InChI is InChI=1S/C86H105ClN2O32/c1-11-37-102-82-68(88-49(3)90)75(120-84-79(107-43-61-35-25-16-26-36-61)76(106-42-60-33-23-15-24-34-60)70(48(2)108-84)105-41-59-31-21-14-22-32-59)72(63(114-82)45-101-40-58-29-19-13-20-30-58)119-86-81(113-56(10)97)78(74(110-53(7)94)65(117-86)47-104-51(5)92)121-83-67(89-66(98)38-87)69(99)71(62(115-83)44-100-39-57-27-17-12-18-28-57)118-85-80(112-55(9)96)77(111-54(8)95)73(109-52(6)93)64(116-85)46-103-50(4)91/h11-36,48,62-65,67-86,99H,1,37-47H2,2-10H3,(H,88,90)(H,89,98)/t48-,62+,63+,64+,65+,67+,68+,69+,70+,71+,72+,73+,74-,75+,76+,77-,78-,79-,80+,81+,82+,83-,84-,85-,86-/m0/s1. The van der Waals surface area contributed by atoms with Crippen LogP contribution in [0.5, 0.6) is 0 Å². The molecule has 0 bridgehead atoms. The number of alkyl halides is 1. The lowest BCUT2D eigenvalue weighted by molar-refractivity contribution is -0.389. The SMILES string of the molecule is C=CCO[C@@H]1O[C@H](COCc2ccccc2)[C@@H](O[C@@H]2O[C@H](COC(C)=O)[C@H](OC(C)=O)[C@H](O[C@@H]3O[C@H](COCc4ccccc4)[C@@H](O[C@@H]4O[C@H](COC(C)=O)[C@@H](OC(C)=O)[C@H](OC(C)=O)[C@H]4OC(C)=O)[C@H](O)[C@H]3NC(=O)CCl)[C@H]2OC(C)=O)[C@H](O[C@@H]2O[C@@H](C)[C@@H](OCc3ccccc3)[C@@H](OCc3ccccc3)[C@@H]2OCc2ccccc2)[C@H]1NC(C)=O. The van der Waals surface area contributed by atoms with Crippen molar-refractivity contribution >= 4 is 65.2 Å². The highest BCUT2D eigenvalue weighted by Gasteiger charge is 2.61. The molecule has 5 saturated heterocycles. The summed E-state index contributed by atoms with van der Waals surface area (Å²) in [5.41, 5.74) is 3.73. The molecule has 5 aromatic carbocycles. The molecule has 5 aromatic rings. The van der Waals surface area contributed by atoms with Crippen molar-refractivity contribution in [2.45, 2.75) is 249 Å².